The lowest BCUT2D eigenvalue weighted by Gasteiger charge is -2.14. The van der Waals surface area contributed by atoms with Gasteiger partial charge in [-0.3, -0.25) is 9.52 Å². The lowest BCUT2D eigenvalue weighted by atomic mass is 10.1. The highest BCUT2D eigenvalue weighted by Gasteiger charge is 2.34. The first-order valence-electron chi connectivity index (χ1n) is 11.6. The molecule has 0 atom stereocenters. The molecule has 0 saturated carbocycles. The topological polar surface area (TPSA) is 125 Å². The van der Waals surface area contributed by atoms with Crippen LogP contribution in [0.4, 0.5) is 24.8 Å². The van der Waals surface area contributed by atoms with Crippen molar-refractivity contribution in [3.63, 3.8) is 0 Å². The average Bonchev–Trinajstić information content (AvgIpc) is 3.46. The summed E-state index contributed by atoms with van der Waals surface area (Å²) < 4.78 is 59.5. The van der Waals surface area contributed by atoms with E-state index in [0.29, 0.717) is 28.5 Å². The standard InChI is InChI=1S/C25H24F3N7O4S/c1-5-40-34-22(36)18-8-14(12-29-23(18)39-4)19-13-30-24(31-15-9-16(37-2)11-17(10-15)38-3)32-21(19)35-7-6-20(33-35)25(26,27)28/h6-13H,5H2,1-4H3,(H,34,36)(H,30,31,32). The lowest BCUT2D eigenvalue weighted by Crippen LogP contribution is -2.18. The summed E-state index contributed by atoms with van der Waals surface area (Å²) >= 11 is 1.19. The van der Waals surface area contributed by atoms with Crippen LogP contribution in [0.2, 0.25) is 0 Å². The minimum atomic E-state index is -4.67. The van der Waals surface area contributed by atoms with E-state index in [1.807, 2.05) is 6.92 Å². The van der Waals surface area contributed by atoms with Crippen molar-refractivity contribution >= 4 is 29.5 Å². The third-order valence-corrected chi connectivity index (χ3v) is 6.00. The summed E-state index contributed by atoms with van der Waals surface area (Å²) in [6.45, 7) is 1.87. The molecule has 0 saturated heterocycles. The number of halogens is 3. The van der Waals surface area contributed by atoms with E-state index in [9.17, 15) is 18.0 Å². The van der Waals surface area contributed by atoms with Gasteiger partial charge in [0.2, 0.25) is 11.8 Å². The van der Waals surface area contributed by atoms with Crippen molar-refractivity contribution in [1.29, 1.82) is 0 Å². The van der Waals surface area contributed by atoms with Crippen molar-refractivity contribution in [3.05, 3.63) is 60.2 Å². The van der Waals surface area contributed by atoms with Crippen LogP contribution >= 0.6 is 11.9 Å². The van der Waals surface area contributed by atoms with Crippen molar-refractivity contribution in [2.45, 2.75) is 13.1 Å². The van der Waals surface area contributed by atoms with E-state index in [-0.39, 0.29) is 28.8 Å². The normalized spacial score (nSPS) is 11.2. The Morgan fingerprint density at radius 2 is 1.75 bits per heavy atom. The highest BCUT2D eigenvalue weighted by Crippen LogP contribution is 2.33. The zero-order valence-corrected chi connectivity index (χ0v) is 22.6. The SMILES string of the molecule is CCSNC(=O)c1cc(-c2cnc(Nc3cc(OC)cc(OC)c3)nc2-n2ccc(C(F)(F)F)n2)cnc1OC. The van der Waals surface area contributed by atoms with Crippen LogP contribution in [0.5, 0.6) is 17.4 Å². The molecule has 0 aliphatic rings. The van der Waals surface area contributed by atoms with Gasteiger partial charge in [0.25, 0.3) is 5.91 Å². The minimum Gasteiger partial charge on any atom is -0.497 e. The Hall–Kier alpha value is -4.53. The van der Waals surface area contributed by atoms with Crippen LogP contribution in [-0.4, -0.2) is 57.7 Å². The van der Waals surface area contributed by atoms with E-state index in [0.717, 1.165) is 16.9 Å². The number of carbonyl (C=O) groups is 1. The summed E-state index contributed by atoms with van der Waals surface area (Å²) in [5.41, 5.74) is 0.131. The van der Waals surface area contributed by atoms with Gasteiger partial charge in [0.05, 0.1) is 21.3 Å². The number of rotatable bonds is 10. The van der Waals surface area contributed by atoms with Crippen LogP contribution in [-0.2, 0) is 6.18 Å². The van der Waals surface area contributed by atoms with Crippen molar-refractivity contribution in [2.24, 2.45) is 0 Å². The number of benzene rings is 1. The number of nitrogens with one attached hydrogen (secondary N) is 2. The lowest BCUT2D eigenvalue weighted by molar-refractivity contribution is -0.141. The second-order valence-corrected chi connectivity index (χ2v) is 9.02. The molecule has 4 rings (SSSR count). The molecule has 0 unspecified atom stereocenters. The van der Waals surface area contributed by atoms with Gasteiger partial charge in [-0.2, -0.15) is 23.3 Å². The monoisotopic (exact) mass is 575 g/mol. The van der Waals surface area contributed by atoms with Crippen LogP contribution < -0.4 is 24.2 Å². The molecule has 0 fully saturated rings. The number of amides is 1. The molecule has 11 nitrogen and oxygen atoms in total. The number of methoxy groups -OCH3 is 3. The maximum absolute atomic E-state index is 13.4. The Labute approximate surface area is 231 Å². The van der Waals surface area contributed by atoms with Crippen LogP contribution in [0.15, 0.2) is 48.9 Å². The molecular weight excluding hydrogens is 551 g/mol. The summed E-state index contributed by atoms with van der Waals surface area (Å²) in [4.78, 5) is 25.7. The van der Waals surface area contributed by atoms with Gasteiger partial charge in [-0.05, 0) is 12.1 Å². The Morgan fingerprint density at radius 1 is 1.02 bits per heavy atom. The van der Waals surface area contributed by atoms with E-state index in [2.05, 4.69) is 30.1 Å². The molecule has 2 N–H and O–H groups in total. The van der Waals surface area contributed by atoms with Gasteiger partial charge in [0, 0.05) is 59.4 Å². The number of pyridine rings is 1. The summed E-state index contributed by atoms with van der Waals surface area (Å²) in [5, 5.41) is 6.68. The minimum absolute atomic E-state index is 0.00381. The summed E-state index contributed by atoms with van der Waals surface area (Å²) in [5.74, 6) is 1.30. The maximum atomic E-state index is 13.4. The molecule has 4 aromatic rings. The van der Waals surface area contributed by atoms with Gasteiger partial charge in [0.1, 0.15) is 17.1 Å². The van der Waals surface area contributed by atoms with Crippen LogP contribution in [0.25, 0.3) is 16.9 Å². The van der Waals surface area contributed by atoms with E-state index in [1.54, 1.807) is 18.2 Å². The van der Waals surface area contributed by atoms with E-state index in [1.165, 1.54) is 51.7 Å². The Balaban J connectivity index is 1.83. The molecule has 3 aromatic heterocycles. The van der Waals surface area contributed by atoms with E-state index < -0.39 is 17.8 Å². The largest absolute Gasteiger partial charge is 0.497 e. The number of carbonyl (C=O) groups excluding carboxylic acids is 1. The molecular formula is C25H24F3N7O4S. The fraction of sp³-hybridized carbons (Fsp3) is 0.240. The summed E-state index contributed by atoms with van der Waals surface area (Å²) in [6, 6.07) is 7.34. The molecule has 0 spiro atoms. The molecule has 0 aliphatic carbocycles. The predicted molar refractivity (Wildman–Crippen MR) is 142 cm³/mol. The first-order valence-corrected chi connectivity index (χ1v) is 12.6. The quantitative estimate of drug-likeness (QED) is 0.252. The fourth-order valence-corrected chi connectivity index (χ4v) is 3.92. The summed E-state index contributed by atoms with van der Waals surface area (Å²) in [6.07, 6.45) is -0.738. The number of anilines is 2. The Kier molecular flexibility index (Phi) is 8.62. The number of aromatic nitrogens is 5. The van der Waals surface area contributed by atoms with Gasteiger partial charge in [0.15, 0.2) is 11.5 Å². The molecule has 0 aliphatic heterocycles. The number of hydrogen-bond acceptors (Lipinski definition) is 10. The van der Waals surface area contributed by atoms with E-state index >= 15 is 0 Å². The Bertz CT molecular complexity index is 1490. The number of alkyl halides is 3. The third-order valence-electron chi connectivity index (χ3n) is 5.38. The second kappa shape index (κ2) is 12.1. The predicted octanol–water partition coefficient (Wildman–Crippen LogP) is 4.91. The number of ether oxygens (including phenoxy) is 3. The molecule has 1 amide bonds. The molecule has 1 aromatic carbocycles. The maximum Gasteiger partial charge on any atom is 0.435 e. The number of hydrogen-bond donors (Lipinski definition) is 2. The van der Waals surface area contributed by atoms with Gasteiger partial charge < -0.3 is 19.5 Å². The van der Waals surface area contributed by atoms with Gasteiger partial charge in [-0.1, -0.05) is 18.9 Å². The van der Waals surface area contributed by atoms with Crippen molar-refractivity contribution in [2.75, 3.05) is 32.4 Å². The second-order valence-electron chi connectivity index (χ2n) is 7.95. The third kappa shape index (κ3) is 6.36. The average molecular weight is 576 g/mol. The van der Waals surface area contributed by atoms with Gasteiger partial charge in [-0.15, -0.1) is 0 Å². The first kappa shape index (κ1) is 28.5. The van der Waals surface area contributed by atoms with Gasteiger partial charge in [-0.25, -0.2) is 14.6 Å². The summed E-state index contributed by atoms with van der Waals surface area (Å²) in [7, 11) is 4.36. The van der Waals surface area contributed by atoms with Crippen molar-refractivity contribution in [1.82, 2.24) is 29.5 Å². The van der Waals surface area contributed by atoms with Crippen LogP contribution in [0.1, 0.15) is 23.0 Å². The smallest absolute Gasteiger partial charge is 0.435 e. The number of nitrogens with zero attached hydrogens (tertiary/aromatic N) is 5. The fourth-order valence-electron chi connectivity index (χ4n) is 3.53. The zero-order chi connectivity index (χ0) is 28.9. The molecule has 0 bridgehead atoms. The van der Waals surface area contributed by atoms with Crippen molar-refractivity contribution in [3.8, 4) is 34.3 Å². The van der Waals surface area contributed by atoms with Crippen LogP contribution in [0, 0.1) is 0 Å². The first-order chi connectivity index (χ1) is 19.2. The molecule has 210 valence electrons. The molecule has 0 radical (unpaired) electrons. The highest BCUT2D eigenvalue weighted by molar-refractivity contribution is 7.97. The molecule has 15 heteroatoms. The van der Waals surface area contributed by atoms with Gasteiger partial charge >= 0.3 is 6.18 Å². The van der Waals surface area contributed by atoms with Crippen LogP contribution in [0.3, 0.4) is 0 Å². The zero-order valence-electron chi connectivity index (χ0n) is 21.7. The Morgan fingerprint density at radius 3 is 2.35 bits per heavy atom. The molecule has 3 heterocycles. The van der Waals surface area contributed by atoms with Crippen molar-refractivity contribution < 1.29 is 32.2 Å². The molecule has 40 heavy (non-hydrogen) atoms. The highest BCUT2D eigenvalue weighted by atomic mass is 32.2. The van der Waals surface area contributed by atoms with E-state index in [4.69, 9.17) is 14.2 Å².